The van der Waals surface area contributed by atoms with Gasteiger partial charge in [0.15, 0.2) is 0 Å². The number of nitrogens with one attached hydrogen (secondary N) is 1. The van der Waals surface area contributed by atoms with E-state index in [0.29, 0.717) is 0 Å². The molecule has 0 saturated carbocycles. The standard InChI is InChI=1S/C13H15N3O2S/c1-10-4-6-11(7-5-10)9-16-19(17,18)12-3-2-8-15-13(12)14/h2-8,16H,9H2,1H3,(H2,14,15). The molecule has 5 nitrogen and oxygen atoms in total. The average Bonchev–Trinajstić information content (AvgIpc) is 2.38. The van der Waals surface area contributed by atoms with Gasteiger partial charge in [0.2, 0.25) is 10.0 Å². The summed E-state index contributed by atoms with van der Waals surface area (Å²) in [6, 6.07) is 10.6. The van der Waals surface area contributed by atoms with Gasteiger partial charge in [-0.05, 0) is 24.6 Å². The van der Waals surface area contributed by atoms with Crippen molar-refractivity contribution in [3.8, 4) is 0 Å². The summed E-state index contributed by atoms with van der Waals surface area (Å²) in [6.07, 6.45) is 1.45. The highest BCUT2D eigenvalue weighted by Gasteiger charge is 2.17. The van der Waals surface area contributed by atoms with Crippen LogP contribution in [0.4, 0.5) is 5.82 Å². The van der Waals surface area contributed by atoms with Gasteiger partial charge in [-0.1, -0.05) is 29.8 Å². The maximum absolute atomic E-state index is 12.1. The smallest absolute Gasteiger partial charge is 0.244 e. The lowest BCUT2D eigenvalue weighted by Gasteiger charge is -2.08. The van der Waals surface area contributed by atoms with Crippen LogP contribution in [0.3, 0.4) is 0 Å². The van der Waals surface area contributed by atoms with Gasteiger partial charge in [0, 0.05) is 12.7 Å². The van der Waals surface area contributed by atoms with Crippen molar-refractivity contribution in [3.63, 3.8) is 0 Å². The second-order valence-electron chi connectivity index (χ2n) is 4.20. The molecular weight excluding hydrogens is 262 g/mol. The lowest BCUT2D eigenvalue weighted by molar-refractivity contribution is 0.581. The van der Waals surface area contributed by atoms with E-state index in [1.54, 1.807) is 0 Å². The van der Waals surface area contributed by atoms with Gasteiger partial charge in [-0.2, -0.15) is 0 Å². The lowest BCUT2D eigenvalue weighted by atomic mass is 10.2. The Morgan fingerprint density at radius 2 is 1.89 bits per heavy atom. The van der Waals surface area contributed by atoms with Crippen molar-refractivity contribution < 1.29 is 8.42 Å². The molecule has 0 radical (unpaired) electrons. The number of rotatable bonds is 4. The number of benzene rings is 1. The highest BCUT2D eigenvalue weighted by atomic mass is 32.2. The summed E-state index contributed by atoms with van der Waals surface area (Å²) in [7, 11) is -3.64. The predicted octanol–water partition coefficient (Wildman–Crippen LogP) is 1.45. The number of nitrogens with two attached hydrogens (primary N) is 1. The Balaban J connectivity index is 2.14. The molecule has 0 aliphatic rings. The molecule has 1 aromatic carbocycles. The molecule has 0 aliphatic heterocycles. The first-order valence-electron chi connectivity index (χ1n) is 5.75. The van der Waals surface area contributed by atoms with Crippen LogP contribution < -0.4 is 10.5 Å². The van der Waals surface area contributed by atoms with Crippen LogP contribution in [0.15, 0.2) is 47.5 Å². The first-order chi connectivity index (χ1) is 8.99. The van der Waals surface area contributed by atoms with E-state index < -0.39 is 10.0 Å². The molecule has 0 spiro atoms. The zero-order valence-corrected chi connectivity index (χ0v) is 11.3. The fourth-order valence-corrected chi connectivity index (χ4v) is 2.69. The summed E-state index contributed by atoms with van der Waals surface area (Å²) in [6.45, 7) is 2.20. The minimum Gasteiger partial charge on any atom is -0.383 e. The molecule has 1 aromatic heterocycles. The minimum atomic E-state index is -3.64. The summed E-state index contributed by atoms with van der Waals surface area (Å²) in [5, 5.41) is 0. The zero-order chi connectivity index (χ0) is 13.9. The first-order valence-corrected chi connectivity index (χ1v) is 7.23. The molecule has 2 aromatic rings. The topological polar surface area (TPSA) is 85.1 Å². The van der Waals surface area contributed by atoms with E-state index >= 15 is 0 Å². The number of hydrogen-bond donors (Lipinski definition) is 2. The Morgan fingerprint density at radius 1 is 1.21 bits per heavy atom. The van der Waals surface area contributed by atoms with Crippen LogP contribution in [0.2, 0.25) is 0 Å². The van der Waals surface area contributed by atoms with E-state index in [9.17, 15) is 8.42 Å². The fourth-order valence-electron chi connectivity index (χ4n) is 1.59. The van der Waals surface area contributed by atoms with E-state index in [0.717, 1.165) is 11.1 Å². The lowest BCUT2D eigenvalue weighted by Crippen LogP contribution is -2.24. The molecular formula is C13H15N3O2S. The molecule has 100 valence electrons. The van der Waals surface area contributed by atoms with E-state index in [-0.39, 0.29) is 17.3 Å². The van der Waals surface area contributed by atoms with Gasteiger partial charge in [0.25, 0.3) is 0 Å². The van der Waals surface area contributed by atoms with Crippen LogP contribution in [-0.4, -0.2) is 13.4 Å². The van der Waals surface area contributed by atoms with Crippen molar-refractivity contribution in [3.05, 3.63) is 53.7 Å². The van der Waals surface area contributed by atoms with E-state index in [1.165, 1.54) is 18.3 Å². The Morgan fingerprint density at radius 3 is 2.53 bits per heavy atom. The van der Waals surface area contributed by atoms with Gasteiger partial charge < -0.3 is 5.73 Å². The van der Waals surface area contributed by atoms with Crippen LogP contribution in [0.1, 0.15) is 11.1 Å². The van der Waals surface area contributed by atoms with Gasteiger partial charge in [0.1, 0.15) is 10.7 Å². The number of anilines is 1. The molecule has 0 saturated heterocycles. The third-order valence-electron chi connectivity index (χ3n) is 2.68. The number of aromatic nitrogens is 1. The van der Waals surface area contributed by atoms with Gasteiger partial charge in [-0.15, -0.1) is 0 Å². The van der Waals surface area contributed by atoms with E-state index in [1.807, 2.05) is 31.2 Å². The highest BCUT2D eigenvalue weighted by molar-refractivity contribution is 7.89. The third kappa shape index (κ3) is 3.30. The Labute approximate surface area is 112 Å². The number of pyridine rings is 1. The summed E-state index contributed by atoms with van der Waals surface area (Å²) in [4.78, 5) is 3.77. The molecule has 0 aliphatic carbocycles. The first kappa shape index (κ1) is 13.5. The summed E-state index contributed by atoms with van der Waals surface area (Å²) in [5.74, 6) is -0.00101. The number of hydrogen-bond acceptors (Lipinski definition) is 4. The number of sulfonamides is 1. The molecule has 6 heteroatoms. The van der Waals surface area contributed by atoms with Crippen LogP contribution in [0, 0.1) is 6.92 Å². The molecule has 19 heavy (non-hydrogen) atoms. The van der Waals surface area contributed by atoms with Crippen LogP contribution in [0.5, 0.6) is 0 Å². The largest absolute Gasteiger partial charge is 0.383 e. The average molecular weight is 277 g/mol. The molecule has 0 bridgehead atoms. The summed E-state index contributed by atoms with van der Waals surface area (Å²) >= 11 is 0. The number of nitrogens with zero attached hydrogens (tertiary/aromatic N) is 1. The van der Waals surface area contributed by atoms with Crippen molar-refractivity contribution in [2.45, 2.75) is 18.4 Å². The molecule has 2 rings (SSSR count). The quantitative estimate of drug-likeness (QED) is 0.885. The van der Waals surface area contributed by atoms with Crippen LogP contribution in [0.25, 0.3) is 0 Å². The van der Waals surface area contributed by atoms with Crippen LogP contribution in [-0.2, 0) is 16.6 Å². The molecule has 0 fully saturated rings. The SMILES string of the molecule is Cc1ccc(CNS(=O)(=O)c2cccnc2N)cc1. The van der Waals surface area contributed by atoms with Gasteiger partial charge in [-0.25, -0.2) is 18.1 Å². The van der Waals surface area contributed by atoms with Gasteiger partial charge in [-0.3, -0.25) is 0 Å². The Hall–Kier alpha value is -1.92. The van der Waals surface area contributed by atoms with Crippen LogP contribution >= 0.6 is 0 Å². The summed E-state index contributed by atoms with van der Waals surface area (Å²) in [5.41, 5.74) is 7.58. The maximum Gasteiger partial charge on any atom is 0.244 e. The maximum atomic E-state index is 12.1. The molecule has 0 amide bonds. The summed E-state index contributed by atoms with van der Waals surface area (Å²) < 4.78 is 26.6. The predicted molar refractivity (Wildman–Crippen MR) is 73.9 cm³/mol. The number of aryl methyl sites for hydroxylation is 1. The zero-order valence-electron chi connectivity index (χ0n) is 10.5. The second-order valence-corrected chi connectivity index (χ2v) is 5.93. The fraction of sp³-hybridized carbons (Fsp3) is 0.154. The molecule has 1 heterocycles. The Kier molecular flexibility index (Phi) is 3.82. The third-order valence-corrected chi connectivity index (χ3v) is 4.12. The van der Waals surface area contributed by atoms with Gasteiger partial charge >= 0.3 is 0 Å². The normalized spacial score (nSPS) is 11.4. The number of nitrogen functional groups attached to an aromatic ring is 1. The minimum absolute atomic E-state index is 0.00101. The Bertz CT molecular complexity index is 667. The monoisotopic (exact) mass is 277 g/mol. The molecule has 3 N–H and O–H groups in total. The van der Waals surface area contributed by atoms with Gasteiger partial charge in [0.05, 0.1) is 0 Å². The molecule has 0 unspecified atom stereocenters. The van der Waals surface area contributed by atoms with Crippen molar-refractivity contribution in [1.82, 2.24) is 9.71 Å². The molecule has 0 atom stereocenters. The highest BCUT2D eigenvalue weighted by Crippen LogP contribution is 2.14. The van der Waals surface area contributed by atoms with E-state index in [4.69, 9.17) is 5.73 Å². The van der Waals surface area contributed by atoms with E-state index in [2.05, 4.69) is 9.71 Å². The van der Waals surface area contributed by atoms with Crippen molar-refractivity contribution in [1.29, 1.82) is 0 Å². The van der Waals surface area contributed by atoms with Crippen molar-refractivity contribution >= 4 is 15.8 Å². The second kappa shape index (κ2) is 5.38. The van der Waals surface area contributed by atoms with Crippen molar-refractivity contribution in [2.24, 2.45) is 0 Å². The van der Waals surface area contributed by atoms with Crippen molar-refractivity contribution in [2.75, 3.05) is 5.73 Å².